The number of carbonyl (C=O) groups is 2. The molecule has 5 rings (SSSR count). The molecule has 0 radical (unpaired) electrons. The van der Waals surface area contributed by atoms with Crippen molar-refractivity contribution >= 4 is 51.7 Å². The summed E-state index contributed by atoms with van der Waals surface area (Å²) in [5.74, 6) is -0.944. The highest BCUT2D eigenvalue weighted by Gasteiger charge is 2.39. The number of amidine groups is 1. The van der Waals surface area contributed by atoms with E-state index in [1.165, 1.54) is 23.9 Å². The molecule has 2 atom stereocenters. The van der Waals surface area contributed by atoms with E-state index < -0.39 is 5.25 Å². The first-order valence-corrected chi connectivity index (χ1v) is 12.7. The van der Waals surface area contributed by atoms with Gasteiger partial charge >= 0.3 is 0 Å². The molecule has 0 aromatic heterocycles. The van der Waals surface area contributed by atoms with Gasteiger partial charge in [-0.25, -0.2) is 9.40 Å². The Morgan fingerprint density at radius 1 is 1.14 bits per heavy atom. The molecular formula is C27H22ClFN4O2S. The average Bonchev–Trinajstić information content (AvgIpc) is 3.44. The van der Waals surface area contributed by atoms with E-state index in [0.29, 0.717) is 22.3 Å². The molecule has 9 heteroatoms. The summed E-state index contributed by atoms with van der Waals surface area (Å²) in [4.78, 5) is 29.6. The van der Waals surface area contributed by atoms with Crippen molar-refractivity contribution in [2.75, 3.05) is 5.32 Å². The molecule has 1 N–H and O–H groups in total. The molecule has 3 aromatic rings. The Labute approximate surface area is 217 Å². The van der Waals surface area contributed by atoms with E-state index in [4.69, 9.17) is 16.7 Å². The van der Waals surface area contributed by atoms with Crippen LogP contribution >= 0.6 is 23.4 Å². The lowest BCUT2D eigenvalue weighted by Gasteiger charge is -2.23. The van der Waals surface area contributed by atoms with E-state index >= 15 is 0 Å². The van der Waals surface area contributed by atoms with Crippen molar-refractivity contribution in [3.63, 3.8) is 0 Å². The number of hydrogen-bond donors (Lipinski definition) is 1. The first-order valence-electron chi connectivity index (χ1n) is 11.4. The second kappa shape index (κ2) is 10.2. The Hall–Kier alpha value is -3.49. The predicted octanol–water partition coefficient (Wildman–Crippen LogP) is 5.97. The fourth-order valence-corrected chi connectivity index (χ4v) is 5.34. The molecule has 2 aliphatic rings. The third-order valence-electron chi connectivity index (χ3n) is 5.94. The molecule has 36 heavy (non-hydrogen) atoms. The number of halogens is 2. The van der Waals surface area contributed by atoms with Crippen molar-refractivity contribution in [2.45, 2.75) is 31.1 Å². The van der Waals surface area contributed by atoms with E-state index in [9.17, 15) is 14.0 Å². The monoisotopic (exact) mass is 520 g/mol. The van der Waals surface area contributed by atoms with Gasteiger partial charge in [-0.15, -0.1) is 0 Å². The van der Waals surface area contributed by atoms with Crippen molar-refractivity contribution in [1.82, 2.24) is 5.01 Å². The molecule has 2 aliphatic heterocycles. The summed E-state index contributed by atoms with van der Waals surface area (Å²) < 4.78 is 13.5. The molecule has 0 bridgehead atoms. The van der Waals surface area contributed by atoms with E-state index in [2.05, 4.69) is 10.3 Å². The van der Waals surface area contributed by atoms with Crippen LogP contribution in [0.3, 0.4) is 0 Å². The summed E-state index contributed by atoms with van der Waals surface area (Å²) in [5.41, 5.74) is 4.22. The number of amides is 2. The summed E-state index contributed by atoms with van der Waals surface area (Å²) in [5, 5.41) is 9.75. The van der Waals surface area contributed by atoms with Gasteiger partial charge in [-0.3, -0.25) is 9.59 Å². The minimum Gasteiger partial charge on any atom is -0.326 e. The van der Waals surface area contributed by atoms with Crippen LogP contribution in [0.15, 0.2) is 82.9 Å². The Morgan fingerprint density at radius 2 is 1.89 bits per heavy atom. The topological polar surface area (TPSA) is 74.1 Å². The summed E-state index contributed by atoms with van der Waals surface area (Å²) in [6.45, 7) is 1.94. The Bertz CT molecular complexity index is 1380. The number of anilines is 1. The molecule has 6 nitrogen and oxygen atoms in total. The zero-order valence-electron chi connectivity index (χ0n) is 19.3. The highest BCUT2D eigenvalue weighted by molar-refractivity contribution is 8.15. The van der Waals surface area contributed by atoms with Crippen LogP contribution in [0.1, 0.15) is 35.6 Å². The van der Waals surface area contributed by atoms with Gasteiger partial charge in [-0.2, -0.15) is 10.1 Å². The van der Waals surface area contributed by atoms with Gasteiger partial charge in [0.05, 0.1) is 11.8 Å². The quantitative estimate of drug-likeness (QED) is 0.450. The number of nitrogens with zero attached hydrogens (tertiary/aromatic N) is 3. The van der Waals surface area contributed by atoms with Gasteiger partial charge in [0.15, 0.2) is 5.17 Å². The van der Waals surface area contributed by atoms with Crippen LogP contribution in [0.4, 0.5) is 10.1 Å². The van der Waals surface area contributed by atoms with Crippen LogP contribution in [0.2, 0.25) is 5.02 Å². The Kier molecular flexibility index (Phi) is 6.89. The summed E-state index contributed by atoms with van der Waals surface area (Å²) in [6.07, 6.45) is 0.540. The van der Waals surface area contributed by atoms with Crippen LogP contribution in [0.25, 0.3) is 0 Å². The maximum Gasteiger partial charge on any atom is 0.262 e. The molecule has 3 aromatic carbocycles. The minimum atomic E-state index is -0.638. The number of benzene rings is 3. The van der Waals surface area contributed by atoms with Gasteiger partial charge in [0, 0.05) is 23.6 Å². The van der Waals surface area contributed by atoms with Crippen LogP contribution in [0.5, 0.6) is 0 Å². The van der Waals surface area contributed by atoms with Crippen LogP contribution in [-0.2, 0) is 9.59 Å². The van der Waals surface area contributed by atoms with Gasteiger partial charge in [-0.05, 0) is 60.0 Å². The van der Waals surface area contributed by atoms with Gasteiger partial charge in [0.1, 0.15) is 11.1 Å². The molecule has 2 heterocycles. The van der Waals surface area contributed by atoms with Crippen LogP contribution in [0, 0.1) is 12.7 Å². The van der Waals surface area contributed by atoms with Gasteiger partial charge in [0.25, 0.3) is 5.91 Å². The van der Waals surface area contributed by atoms with Crippen molar-refractivity contribution in [1.29, 1.82) is 0 Å². The zero-order valence-corrected chi connectivity index (χ0v) is 20.9. The molecule has 0 fully saturated rings. The molecule has 0 aliphatic carbocycles. The molecular weight excluding hydrogens is 499 g/mol. The standard InChI is InChI=1S/C27H22ClFN4O2S/c1-16-3-2-4-21(13-16)30-25(34)15-24-26(35)31-27(36-24)33-23(18-5-9-19(28)10-6-18)14-22(32-33)17-7-11-20(29)12-8-17/h2-13,23-24H,14-15H2,1H3,(H,30,34). The minimum absolute atomic E-state index is 0.00156. The number of carbonyl (C=O) groups excluding carboxylic acids is 2. The second-order valence-electron chi connectivity index (χ2n) is 8.63. The smallest absolute Gasteiger partial charge is 0.262 e. The number of thioether (sulfide) groups is 1. The third-order valence-corrected chi connectivity index (χ3v) is 7.33. The van der Waals surface area contributed by atoms with E-state index in [1.807, 2.05) is 43.3 Å². The number of aryl methyl sites for hydroxylation is 1. The van der Waals surface area contributed by atoms with E-state index in [-0.39, 0.29) is 30.1 Å². The van der Waals surface area contributed by atoms with Gasteiger partial charge in [-0.1, -0.05) is 59.8 Å². The Morgan fingerprint density at radius 3 is 2.61 bits per heavy atom. The maximum atomic E-state index is 13.5. The largest absolute Gasteiger partial charge is 0.326 e. The lowest BCUT2D eigenvalue weighted by atomic mass is 9.99. The van der Waals surface area contributed by atoms with Crippen LogP contribution < -0.4 is 5.32 Å². The molecule has 0 saturated carbocycles. The van der Waals surface area contributed by atoms with E-state index in [0.717, 1.165) is 22.4 Å². The highest BCUT2D eigenvalue weighted by Crippen LogP contribution is 2.39. The third kappa shape index (κ3) is 5.34. The van der Waals surface area contributed by atoms with E-state index in [1.54, 1.807) is 29.3 Å². The normalized spacial score (nSPS) is 19.3. The predicted molar refractivity (Wildman–Crippen MR) is 142 cm³/mol. The van der Waals surface area contributed by atoms with Gasteiger partial charge < -0.3 is 5.32 Å². The molecule has 182 valence electrons. The highest BCUT2D eigenvalue weighted by atomic mass is 35.5. The number of hydrogen-bond acceptors (Lipinski definition) is 5. The number of rotatable bonds is 5. The summed E-state index contributed by atoms with van der Waals surface area (Å²) in [7, 11) is 0. The number of nitrogens with one attached hydrogen (secondary N) is 1. The summed E-state index contributed by atoms with van der Waals surface area (Å²) in [6, 6.07) is 20.9. The fourth-order valence-electron chi connectivity index (χ4n) is 4.16. The lowest BCUT2D eigenvalue weighted by molar-refractivity contribution is -0.121. The fraction of sp³-hybridized carbons (Fsp3) is 0.185. The SMILES string of the molecule is Cc1cccc(NC(=O)CC2SC(N3N=C(c4ccc(F)cc4)CC3c3ccc(Cl)cc3)=NC2=O)c1. The molecule has 0 spiro atoms. The first-order chi connectivity index (χ1) is 17.4. The molecule has 2 unspecified atom stereocenters. The second-order valence-corrected chi connectivity index (χ2v) is 10.2. The van der Waals surface area contributed by atoms with Crippen molar-refractivity contribution in [3.05, 3.63) is 100 Å². The lowest BCUT2D eigenvalue weighted by Crippen LogP contribution is -2.25. The average molecular weight is 521 g/mol. The summed E-state index contributed by atoms with van der Waals surface area (Å²) >= 11 is 7.32. The number of aliphatic imine (C=N–C) groups is 1. The van der Waals surface area contributed by atoms with Crippen molar-refractivity contribution < 1.29 is 14.0 Å². The maximum absolute atomic E-state index is 13.5. The molecule has 0 saturated heterocycles. The van der Waals surface area contributed by atoms with Crippen molar-refractivity contribution in [2.24, 2.45) is 10.1 Å². The molecule has 2 amide bonds. The van der Waals surface area contributed by atoms with Gasteiger partial charge in [0.2, 0.25) is 5.91 Å². The Balaban J connectivity index is 1.35. The van der Waals surface area contributed by atoms with Crippen LogP contribution in [-0.4, -0.2) is 33.0 Å². The first kappa shape index (κ1) is 24.2. The van der Waals surface area contributed by atoms with Crippen molar-refractivity contribution in [3.8, 4) is 0 Å². The number of hydrazone groups is 1. The zero-order chi connectivity index (χ0) is 25.2.